The summed E-state index contributed by atoms with van der Waals surface area (Å²) in [4.78, 5) is 9.72. The van der Waals surface area contributed by atoms with Crippen LogP contribution in [0.5, 0.6) is 0 Å². The first-order valence-corrected chi connectivity index (χ1v) is 11.1. The maximum Gasteiger partial charge on any atom is 0.191 e. The normalized spacial score (nSPS) is 19.1. The molecule has 2 aliphatic heterocycles. The first-order valence-electron chi connectivity index (χ1n) is 11.1. The number of guanidine groups is 1. The van der Waals surface area contributed by atoms with E-state index >= 15 is 0 Å². The number of hydrogen-bond acceptors (Lipinski definition) is 6. The molecule has 0 atom stereocenters. The molecule has 0 aromatic carbocycles. The summed E-state index contributed by atoms with van der Waals surface area (Å²) in [7, 11) is 1.98. The van der Waals surface area contributed by atoms with E-state index in [1.807, 2.05) is 18.5 Å². The van der Waals surface area contributed by atoms with Crippen molar-refractivity contribution in [2.75, 3.05) is 59.0 Å². The molecule has 176 valence electrons. The van der Waals surface area contributed by atoms with Crippen LogP contribution >= 0.6 is 24.0 Å². The summed E-state index contributed by atoms with van der Waals surface area (Å²) in [5.41, 5.74) is 1.23. The summed E-state index contributed by atoms with van der Waals surface area (Å²) in [6.45, 7) is 17.3. The van der Waals surface area contributed by atoms with Gasteiger partial charge in [-0.25, -0.2) is 4.99 Å². The van der Waals surface area contributed by atoms with Gasteiger partial charge in [-0.15, -0.1) is 34.2 Å². The van der Waals surface area contributed by atoms with Crippen LogP contribution in [0.15, 0.2) is 17.1 Å². The van der Waals surface area contributed by atoms with Gasteiger partial charge < -0.3 is 19.9 Å². The number of aliphatic imine (C=N–C) groups is 1. The van der Waals surface area contributed by atoms with E-state index in [2.05, 4.69) is 44.1 Å². The fourth-order valence-corrected chi connectivity index (χ4v) is 3.86. The van der Waals surface area contributed by atoms with E-state index in [1.54, 1.807) is 0 Å². The summed E-state index contributed by atoms with van der Waals surface area (Å²) >= 11 is 0. The van der Waals surface area contributed by atoms with Crippen LogP contribution in [-0.2, 0) is 18.3 Å². The van der Waals surface area contributed by atoms with Crippen molar-refractivity contribution in [3.63, 3.8) is 0 Å². The second-order valence-corrected chi connectivity index (χ2v) is 8.42. The van der Waals surface area contributed by atoms with Crippen LogP contribution in [0.4, 0.5) is 0 Å². The van der Waals surface area contributed by atoms with E-state index in [-0.39, 0.29) is 24.0 Å². The minimum absolute atomic E-state index is 0. The summed E-state index contributed by atoms with van der Waals surface area (Å²) in [6.07, 6.45) is 2.22. The Morgan fingerprint density at radius 3 is 2.48 bits per heavy atom. The number of ether oxygens (including phenoxy) is 1. The van der Waals surface area contributed by atoms with Gasteiger partial charge >= 0.3 is 0 Å². The molecular formula is C21H39IN8O. The molecule has 3 heterocycles. The molecule has 1 aromatic rings. The van der Waals surface area contributed by atoms with Gasteiger partial charge in [-0.2, -0.15) is 0 Å². The molecule has 9 nitrogen and oxygen atoms in total. The molecule has 3 rings (SSSR count). The number of likely N-dealkylation sites (tertiary alicyclic amines) is 1. The fraction of sp³-hybridized carbons (Fsp3) is 0.762. The van der Waals surface area contributed by atoms with Gasteiger partial charge in [-0.05, 0) is 26.7 Å². The minimum atomic E-state index is 0. The lowest BCUT2D eigenvalue weighted by Crippen LogP contribution is -2.50. The van der Waals surface area contributed by atoms with Gasteiger partial charge in [0, 0.05) is 58.9 Å². The van der Waals surface area contributed by atoms with E-state index in [0.717, 1.165) is 89.5 Å². The molecule has 0 radical (unpaired) electrons. The minimum Gasteiger partial charge on any atom is -0.379 e. The number of aromatic nitrogens is 3. The van der Waals surface area contributed by atoms with E-state index in [9.17, 15) is 0 Å². The van der Waals surface area contributed by atoms with Crippen LogP contribution in [0, 0.1) is 6.92 Å². The summed E-state index contributed by atoms with van der Waals surface area (Å²) < 4.78 is 7.43. The molecule has 2 aliphatic rings. The Morgan fingerprint density at radius 2 is 1.87 bits per heavy atom. The average Bonchev–Trinajstić information content (AvgIpc) is 3.06. The largest absolute Gasteiger partial charge is 0.379 e. The molecule has 10 heteroatoms. The van der Waals surface area contributed by atoms with Crippen molar-refractivity contribution in [3.8, 4) is 0 Å². The number of morpholine rings is 1. The number of aryl methyl sites for hydroxylation is 1. The SMILES string of the molecule is C=C(C)CN1CCC(NC(=NCc2nnc(C)n2C)NCCN2CCOCC2)CC1.I. The smallest absolute Gasteiger partial charge is 0.191 e. The van der Waals surface area contributed by atoms with Crippen molar-refractivity contribution in [3.05, 3.63) is 23.8 Å². The number of rotatable bonds is 8. The third-order valence-corrected chi connectivity index (χ3v) is 5.81. The quantitative estimate of drug-likeness (QED) is 0.219. The maximum absolute atomic E-state index is 5.44. The third kappa shape index (κ3) is 8.66. The molecule has 0 bridgehead atoms. The highest BCUT2D eigenvalue weighted by Crippen LogP contribution is 2.11. The summed E-state index contributed by atoms with van der Waals surface area (Å²) in [5, 5.41) is 15.6. The van der Waals surface area contributed by atoms with Crippen molar-refractivity contribution in [2.24, 2.45) is 12.0 Å². The van der Waals surface area contributed by atoms with Gasteiger partial charge in [0.15, 0.2) is 11.8 Å². The predicted octanol–water partition coefficient (Wildman–Crippen LogP) is 1.15. The van der Waals surface area contributed by atoms with Crippen LogP contribution in [0.1, 0.15) is 31.4 Å². The van der Waals surface area contributed by atoms with Crippen molar-refractivity contribution < 1.29 is 4.74 Å². The molecule has 1 aromatic heterocycles. The van der Waals surface area contributed by atoms with Gasteiger partial charge in [0.25, 0.3) is 0 Å². The lowest BCUT2D eigenvalue weighted by atomic mass is 10.0. The molecule has 0 spiro atoms. The van der Waals surface area contributed by atoms with Gasteiger partial charge in [0.1, 0.15) is 12.4 Å². The molecular weight excluding hydrogens is 507 g/mol. The van der Waals surface area contributed by atoms with Crippen molar-refractivity contribution in [2.45, 2.75) is 39.3 Å². The zero-order valence-corrected chi connectivity index (χ0v) is 21.6. The Bertz CT molecular complexity index is 708. The monoisotopic (exact) mass is 546 g/mol. The van der Waals surface area contributed by atoms with E-state index < -0.39 is 0 Å². The van der Waals surface area contributed by atoms with E-state index in [1.165, 1.54) is 5.57 Å². The number of piperidine rings is 1. The predicted molar refractivity (Wildman–Crippen MR) is 135 cm³/mol. The summed E-state index contributed by atoms with van der Waals surface area (Å²) in [6, 6.07) is 0.433. The van der Waals surface area contributed by atoms with Crippen molar-refractivity contribution in [1.29, 1.82) is 0 Å². The van der Waals surface area contributed by atoms with Gasteiger partial charge in [-0.1, -0.05) is 12.2 Å². The second-order valence-electron chi connectivity index (χ2n) is 8.42. The van der Waals surface area contributed by atoms with Gasteiger partial charge in [0.05, 0.1) is 13.2 Å². The Hall–Kier alpha value is -1.24. The highest BCUT2D eigenvalue weighted by atomic mass is 127. The number of hydrogen-bond donors (Lipinski definition) is 2. The van der Waals surface area contributed by atoms with E-state index in [0.29, 0.717) is 12.6 Å². The molecule has 0 saturated carbocycles. The number of nitrogens with zero attached hydrogens (tertiary/aromatic N) is 6. The third-order valence-electron chi connectivity index (χ3n) is 5.81. The Balaban J connectivity index is 0.00000341. The Kier molecular flexibility index (Phi) is 11.2. The van der Waals surface area contributed by atoms with Gasteiger partial charge in [0.2, 0.25) is 0 Å². The molecule has 0 unspecified atom stereocenters. The van der Waals surface area contributed by atoms with Crippen LogP contribution in [-0.4, -0.2) is 95.6 Å². The van der Waals surface area contributed by atoms with Crippen molar-refractivity contribution in [1.82, 2.24) is 35.2 Å². The van der Waals surface area contributed by atoms with E-state index in [4.69, 9.17) is 9.73 Å². The Labute approximate surface area is 203 Å². The zero-order chi connectivity index (χ0) is 21.3. The van der Waals surface area contributed by atoms with Crippen LogP contribution < -0.4 is 10.6 Å². The van der Waals surface area contributed by atoms with Crippen LogP contribution in [0.2, 0.25) is 0 Å². The number of nitrogens with one attached hydrogen (secondary N) is 2. The molecule has 2 N–H and O–H groups in total. The maximum atomic E-state index is 5.44. The highest BCUT2D eigenvalue weighted by molar-refractivity contribution is 14.0. The van der Waals surface area contributed by atoms with Crippen LogP contribution in [0.25, 0.3) is 0 Å². The van der Waals surface area contributed by atoms with Crippen LogP contribution in [0.3, 0.4) is 0 Å². The Morgan fingerprint density at radius 1 is 1.16 bits per heavy atom. The molecule has 2 saturated heterocycles. The topological polar surface area (TPSA) is 82.8 Å². The molecule has 31 heavy (non-hydrogen) atoms. The van der Waals surface area contributed by atoms with Gasteiger partial charge in [-0.3, -0.25) is 9.80 Å². The number of halogens is 1. The lowest BCUT2D eigenvalue weighted by molar-refractivity contribution is 0.0389. The lowest BCUT2D eigenvalue weighted by Gasteiger charge is -2.33. The molecule has 0 aliphatic carbocycles. The zero-order valence-electron chi connectivity index (χ0n) is 19.3. The fourth-order valence-electron chi connectivity index (χ4n) is 3.86. The standard InChI is InChI=1S/C21H38N8O.HI/c1-17(2)16-29-8-5-19(6-9-29)24-21(22-7-10-28-11-13-30-14-12-28)23-15-20-26-25-18(3)27(20)4;/h19H,1,5-16H2,2-4H3,(H2,22,23,24);1H. The molecule has 2 fully saturated rings. The first-order chi connectivity index (χ1) is 14.5. The average molecular weight is 547 g/mol. The highest BCUT2D eigenvalue weighted by Gasteiger charge is 2.20. The molecule has 0 amide bonds. The van der Waals surface area contributed by atoms with Crippen molar-refractivity contribution >= 4 is 29.9 Å². The first kappa shape index (κ1) is 26.0. The second kappa shape index (κ2) is 13.3. The summed E-state index contributed by atoms with van der Waals surface area (Å²) in [5.74, 6) is 2.64.